The predicted molar refractivity (Wildman–Crippen MR) is 77.8 cm³/mol. The molecule has 0 amide bonds. The molecule has 1 aromatic rings. The number of hydrogen-bond acceptors (Lipinski definition) is 4. The minimum absolute atomic E-state index is 0.0399. The van der Waals surface area contributed by atoms with Crippen molar-refractivity contribution in [3.8, 4) is 0 Å². The maximum absolute atomic E-state index is 12.5. The lowest BCUT2D eigenvalue weighted by atomic mass is 10.0. The summed E-state index contributed by atoms with van der Waals surface area (Å²) in [7, 11) is -1.77. The molecule has 1 saturated carbocycles. The highest BCUT2D eigenvalue weighted by molar-refractivity contribution is 7.89. The minimum Gasteiger partial charge on any atom is -0.316 e. The zero-order chi connectivity index (χ0) is 14.8. The molecular weight excluding hydrogens is 276 g/mol. The molecule has 1 unspecified atom stereocenters. The molecule has 1 aliphatic carbocycles. The Morgan fingerprint density at radius 3 is 2.65 bits per heavy atom. The quantitative estimate of drug-likeness (QED) is 0.739. The first-order chi connectivity index (χ1) is 9.45. The number of aromatic nitrogens is 2. The van der Waals surface area contributed by atoms with Gasteiger partial charge in [0.1, 0.15) is 0 Å². The molecule has 114 valence electrons. The van der Waals surface area contributed by atoms with Crippen molar-refractivity contribution in [2.45, 2.75) is 57.1 Å². The number of nitrogens with zero attached hydrogens (tertiary/aromatic N) is 1. The standard InChI is InChI=1S/C13H24N4O2S/c1-9(11-6-4-5-7-11)17-20(18,19)13-12(8-14-3)10(2)15-16-13/h9,11,14,17H,4-8H2,1-3H3,(H,15,16). The summed E-state index contributed by atoms with van der Waals surface area (Å²) >= 11 is 0. The van der Waals surface area contributed by atoms with Crippen molar-refractivity contribution in [3.63, 3.8) is 0 Å². The van der Waals surface area contributed by atoms with E-state index in [4.69, 9.17) is 0 Å². The van der Waals surface area contributed by atoms with Crippen LogP contribution in [0.25, 0.3) is 0 Å². The van der Waals surface area contributed by atoms with E-state index in [1.54, 1.807) is 7.05 Å². The van der Waals surface area contributed by atoms with E-state index in [9.17, 15) is 8.42 Å². The Bertz CT molecular complexity index is 547. The van der Waals surface area contributed by atoms with Gasteiger partial charge in [0.2, 0.25) is 0 Å². The van der Waals surface area contributed by atoms with E-state index >= 15 is 0 Å². The summed E-state index contributed by atoms with van der Waals surface area (Å²) in [6.07, 6.45) is 4.60. The highest BCUT2D eigenvalue weighted by Crippen LogP contribution is 2.28. The Morgan fingerprint density at radius 1 is 1.40 bits per heavy atom. The third-order valence-corrected chi connectivity index (χ3v) is 5.62. The van der Waals surface area contributed by atoms with Crippen LogP contribution in [0.4, 0.5) is 0 Å². The van der Waals surface area contributed by atoms with Crippen LogP contribution < -0.4 is 10.0 Å². The van der Waals surface area contributed by atoms with Crippen molar-refractivity contribution in [1.29, 1.82) is 0 Å². The smallest absolute Gasteiger partial charge is 0.260 e. The summed E-state index contributed by atoms with van der Waals surface area (Å²) in [5.41, 5.74) is 1.49. The monoisotopic (exact) mass is 300 g/mol. The first-order valence-electron chi connectivity index (χ1n) is 7.16. The van der Waals surface area contributed by atoms with Crippen molar-refractivity contribution < 1.29 is 8.42 Å². The van der Waals surface area contributed by atoms with E-state index in [-0.39, 0.29) is 11.1 Å². The molecule has 7 heteroatoms. The lowest BCUT2D eigenvalue weighted by molar-refractivity contribution is 0.423. The molecule has 6 nitrogen and oxygen atoms in total. The van der Waals surface area contributed by atoms with Gasteiger partial charge in [-0.2, -0.15) is 5.10 Å². The van der Waals surface area contributed by atoms with Crippen molar-refractivity contribution in [2.75, 3.05) is 7.05 Å². The SMILES string of the molecule is CNCc1c(S(=O)(=O)NC(C)C2CCCC2)n[nH]c1C. The second-order valence-electron chi connectivity index (χ2n) is 5.62. The van der Waals surface area contributed by atoms with Gasteiger partial charge in [-0.25, -0.2) is 13.1 Å². The van der Waals surface area contributed by atoms with Gasteiger partial charge in [0, 0.05) is 23.8 Å². The van der Waals surface area contributed by atoms with Gasteiger partial charge >= 0.3 is 0 Å². The average Bonchev–Trinajstić information content (AvgIpc) is 3.00. The lowest BCUT2D eigenvalue weighted by Gasteiger charge is -2.19. The van der Waals surface area contributed by atoms with E-state index < -0.39 is 10.0 Å². The van der Waals surface area contributed by atoms with Gasteiger partial charge in [-0.3, -0.25) is 5.10 Å². The maximum atomic E-state index is 12.5. The second-order valence-corrected chi connectivity index (χ2v) is 7.25. The molecule has 2 rings (SSSR count). The van der Waals surface area contributed by atoms with E-state index in [1.165, 1.54) is 12.8 Å². The van der Waals surface area contributed by atoms with Gasteiger partial charge in [0.25, 0.3) is 10.0 Å². The van der Waals surface area contributed by atoms with E-state index in [1.807, 2.05) is 13.8 Å². The molecule has 0 aromatic carbocycles. The van der Waals surface area contributed by atoms with Crippen LogP contribution in [0, 0.1) is 12.8 Å². The van der Waals surface area contributed by atoms with Crippen LogP contribution in [-0.4, -0.2) is 31.7 Å². The first-order valence-corrected chi connectivity index (χ1v) is 8.64. The second kappa shape index (κ2) is 6.24. The lowest BCUT2D eigenvalue weighted by Crippen LogP contribution is -2.37. The van der Waals surface area contributed by atoms with Crippen LogP contribution in [0.3, 0.4) is 0 Å². The molecule has 0 saturated heterocycles. The number of nitrogens with one attached hydrogen (secondary N) is 3. The average molecular weight is 300 g/mol. The van der Waals surface area contributed by atoms with Crippen molar-refractivity contribution in [3.05, 3.63) is 11.3 Å². The molecule has 20 heavy (non-hydrogen) atoms. The van der Waals surface area contributed by atoms with E-state index in [0.29, 0.717) is 18.0 Å². The Hall–Kier alpha value is -0.920. The summed E-state index contributed by atoms with van der Waals surface area (Å²) in [6, 6.07) is -0.0399. The molecule has 1 fully saturated rings. The molecule has 0 bridgehead atoms. The number of sulfonamides is 1. The number of aryl methyl sites for hydroxylation is 1. The summed E-state index contributed by atoms with van der Waals surface area (Å²) < 4.78 is 27.8. The zero-order valence-corrected chi connectivity index (χ0v) is 13.2. The van der Waals surface area contributed by atoms with Crippen molar-refractivity contribution in [1.82, 2.24) is 20.2 Å². The van der Waals surface area contributed by atoms with Crippen LogP contribution >= 0.6 is 0 Å². The largest absolute Gasteiger partial charge is 0.316 e. The number of H-pyrrole nitrogens is 1. The van der Waals surface area contributed by atoms with Gasteiger partial charge in [0.05, 0.1) is 0 Å². The maximum Gasteiger partial charge on any atom is 0.260 e. The fourth-order valence-electron chi connectivity index (χ4n) is 2.89. The molecule has 0 radical (unpaired) electrons. The molecule has 0 aliphatic heterocycles. The fraction of sp³-hybridized carbons (Fsp3) is 0.769. The van der Waals surface area contributed by atoms with Crippen molar-refractivity contribution in [2.24, 2.45) is 5.92 Å². The van der Waals surface area contributed by atoms with E-state index in [0.717, 1.165) is 18.5 Å². The van der Waals surface area contributed by atoms with Crippen LogP contribution in [-0.2, 0) is 16.6 Å². The number of rotatable bonds is 6. The minimum atomic E-state index is -3.56. The summed E-state index contributed by atoms with van der Waals surface area (Å²) in [5.74, 6) is 0.442. The Balaban J connectivity index is 2.17. The zero-order valence-electron chi connectivity index (χ0n) is 12.4. The summed E-state index contributed by atoms with van der Waals surface area (Å²) in [6.45, 7) is 4.26. The van der Waals surface area contributed by atoms with Crippen LogP contribution in [0.2, 0.25) is 0 Å². The molecule has 1 heterocycles. The van der Waals surface area contributed by atoms with E-state index in [2.05, 4.69) is 20.2 Å². The normalized spacial score (nSPS) is 18.6. The number of aromatic amines is 1. The van der Waals surface area contributed by atoms with Crippen LogP contribution in [0.1, 0.15) is 43.9 Å². The van der Waals surface area contributed by atoms with Crippen LogP contribution in [0.15, 0.2) is 5.03 Å². The third kappa shape index (κ3) is 3.21. The number of hydrogen-bond donors (Lipinski definition) is 3. The molecule has 3 N–H and O–H groups in total. The molecule has 1 aliphatic rings. The molecule has 0 spiro atoms. The molecule has 1 aromatic heterocycles. The molecule has 1 atom stereocenters. The summed E-state index contributed by atoms with van der Waals surface area (Å²) in [4.78, 5) is 0. The van der Waals surface area contributed by atoms with Crippen LogP contribution in [0.5, 0.6) is 0 Å². The van der Waals surface area contributed by atoms with Gasteiger partial charge in [-0.05, 0) is 39.7 Å². The highest BCUT2D eigenvalue weighted by atomic mass is 32.2. The van der Waals surface area contributed by atoms with Gasteiger partial charge in [-0.1, -0.05) is 12.8 Å². The molecular formula is C13H24N4O2S. The third-order valence-electron chi connectivity index (χ3n) is 4.09. The van der Waals surface area contributed by atoms with Gasteiger partial charge in [-0.15, -0.1) is 0 Å². The first kappa shape index (κ1) is 15.5. The van der Waals surface area contributed by atoms with Crippen molar-refractivity contribution >= 4 is 10.0 Å². The Morgan fingerprint density at radius 2 is 2.05 bits per heavy atom. The van der Waals surface area contributed by atoms with Gasteiger partial charge in [0.15, 0.2) is 5.03 Å². The Kier molecular flexibility index (Phi) is 4.82. The fourth-order valence-corrected chi connectivity index (χ4v) is 4.40. The predicted octanol–water partition coefficient (Wildman–Crippen LogP) is 1.29. The summed E-state index contributed by atoms with van der Waals surface area (Å²) in [5, 5.41) is 9.83. The highest BCUT2D eigenvalue weighted by Gasteiger charge is 2.29. The Labute approximate surface area is 120 Å². The van der Waals surface area contributed by atoms with Gasteiger partial charge < -0.3 is 5.32 Å². The topological polar surface area (TPSA) is 86.9 Å².